The van der Waals surface area contributed by atoms with Crippen LogP contribution in [0.3, 0.4) is 0 Å². The average Bonchev–Trinajstić information content (AvgIpc) is 2.86. The van der Waals surface area contributed by atoms with Gasteiger partial charge in [-0.15, -0.1) is 0 Å². The summed E-state index contributed by atoms with van der Waals surface area (Å²) in [6.07, 6.45) is 0.830. The third-order valence-electron chi connectivity index (χ3n) is 6.35. The van der Waals surface area contributed by atoms with Crippen LogP contribution in [0.25, 0.3) is 16.6 Å². The number of nitrogens with zero attached hydrogens (tertiary/aromatic N) is 3. The number of aromatic nitrogens is 2. The zero-order valence-electron chi connectivity index (χ0n) is 20.5. The van der Waals surface area contributed by atoms with Gasteiger partial charge in [-0.2, -0.15) is 0 Å². The molecule has 1 amide bonds. The number of amides is 1. The molecule has 1 heterocycles. The van der Waals surface area contributed by atoms with Gasteiger partial charge in [0.2, 0.25) is 0 Å². The Hall–Kier alpha value is -3.44. The predicted octanol–water partition coefficient (Wildman–Crippen LogP) is 6.60. The molecule has 0 N–H and O–H groups in total. The molecule has 35 heavy (non-hydrogen) atoms. The molecule has 0 bridgehead atoms. The van der Waals surface area contributed by atoms with Crippen molar-refractivity contribution in [2.75, 3.05) is 6.54 Å². The molecule has 1 aromatic heterocycles. The van der Waals surface area contributed by atoms with Gasteiger partial charge < -0.3 is 4.90 Å². The van der Waals surface area contributed by atoms with Crippen LogP contribution in [0.2, 0.25) is 5.02 Å². The lowest BCUT2D eigenvalue weighted by Gasteiger charge is -2.31. The first kappa shape index (κ1) is 24.7. The summed E-state index contributed by atoms with van der Waals surface area (Å²) in [5.74, 6) is 0.831. The lowest BCUT2D eigenvalue weighted by atomic mass is 10.1. The van der Waals surface area contributed by atoms with Crippen molar-refractivity contribution in [1.29, 1.82) is 0 Å². The number of hydrogen-bond acceptors (Lipinski definition) is 3. The van der Waals surface area contributed by atoms with E-state index in [1.165, 1.54) is 0 Å². The molecule has 4 rings (SSSR count). The largest absolute Gasteiger partial charge is 0.329 e. The summed E-state index contributed by atoms with van der Waals surface area (Å²) < 4.78 is 1.62. The number of hydrogen-bond donors (Lipinski definition) is 0. The Morgan fingerprint density at radius 1 is 0.971 bits per heavy atom. The number of para-hydroxylation sites is 1. The summed E-state index contributed by atoms with van der Waals surface area (Å²) >= 11 is 6.44. The first-order valence-electron chi connectivity index (χ1n) is 11.9. The number of halogens is 1. The van der Waals surface area contributed by atoms with E-state index in [4.69, 9.17) is 16.6 Å². The van der Waals surface area contributed by atoms with Crippen molar-refractivity contribution in [2.45, 2.75) is 40.2 Å². The van der Waals surface area contributed by atoms with Gasteiger partial charge in [0.05, 0.1) is 22.6 Å². The lowest BCUT2D eigenvalue weighted by Crippen LogP contribution is -2.38. The predicted molar refractivity (Wildman–Crippen MR) is 142 cm³/mol. The molecular formula is C29H30ClN3O2. The first-order valence-corrected chi connectivity index (χ1v) is 12.3. The molecule has 3 aromatic carbocycles. The van der Waals surface area contributed by atoms with E-state index in [1.807, 2.05) is 79.4 Å². The van der Waals surface area contributed by atoms with Crippen molar-refractivity contribution in [3.8, 4) is 5.69 Å². The van der Waals surface area contributed by atoms with E-state index < -0.39 is 6.04 Å². The number of carbonyl (C=O) groups excluding carboxylic acids is 1. The molecule has 6 heteroatoms. The lowest BCUT2D eigenvalue weighted by molar-refractivity contribution is 0.0671. The van der Waals surface area contributed by atoms with Crippen LogP contribution >= 0.6 is 11.6 Å². The highest BCUT2D eigenvalue weighted by Gasteiger charge is 2.28. The van der Waals surface area contributed by atoms with E-state index in [0.29, 0.717) is 45.5 Å². The summed E-state index contributed by atoms with van der Waals surface area (Å²) in [5, 5.41) is 1.09. The Morgan fingerprint density at radius 3 is 2.37 bits per heavy atom. The minimum atomic E-state index is -0.461. The molecule has 0 aliphatic heterocycles. The van der Waals surface area contributed by atoms with Crippen LogP contribution in [0, 0.1) is 12.8 Å². The van der Waals surface area contributed by atoms with Crippen molar-refractivity contribution >= 4 is 28.4 Å². The normalized spacial score (nSPS) is 12.2. The molecule has 0 radical (unpaired) electrons. The number of fused-ring (bicyclic) bond motifs is 1. The van der Waals surface area contributed by atoms with Crippen LogP contribution in [-0.2, 0) is 0 Å². The van der Waals surface area contributed by atoms with E-state index in [0.717, 1.165) is 12.0 Å². The van der Waals surface area contributed by atoms with E-state index in [9.17, 15) is 9.59 Å². The molecule has 180 valence electrons. The fourth-order valence-electron chi connectivity index (χ4n) is 4.26. The topological polar surface area (TPSA) is 55.2 Å². The van der Waals surface area contributed by atoms with Crippen LogP contribution in [0.1, 0.15) is 55.0 Å². The van der Waals surface area contributed by atoms with Gasteiger partial charge in [-0.3, -0.25) is 14.2 Å². The van der Waals surface area contributed by atoms with Crippen molar-refractivity contribution in [1.82, 2.24) is 14.5 Å². The molecule has 0 aliphatic rings. The quantitative estimate of drug-likeness (QED) is 0.295. The van der Waals surface area contributed by atoms with E-state index in [-0.39, 0.29) is 11.5 Å². The maximum atomic E-state index is 13.8. The van der Waals surface area contributed by atoms with Crippen LogP contribution < -0.4 is 5.56 Å². The Kier molecular flexibility index (Phi) is 7.37. The molecule has 5 nitrogen and oxygen atoms in total. The second-order valence-corrected chi connectivity index (χ2v) is 9.64. The third kappa shape index (κ3) is 5.01. The highest BCUT2D eigenvalue weighted by atomic mass is 35.5. The molecule has 0 aliphatic carbocycles. The van der Waals surface area contributed by atoms with E-state index >= 15 is 0 Å². The molecular weight excluding hydrogens is 458 g/mol. The SMILES string of the molecule is Cc1c(Cl)cccc1-n1c(C(C)N(CCC(C)C)C(=O)c2ccccc2)nc2ccccc2c1=O. The highest BCUT2D eigenvalue weighted by molar-refractivity contribution is 6.31. The zero-order valence-corrected chi connectivity index (χ0v) is 21.3. The van der Waals surface area contributed by atoms with Gasteiger partial charge in [-0.1, -0.05) is 61.8 Å². The van der Waals surface area contributed by atoms with Crippen molar-refractivity contribution < 1.29 is 4.79 Å². The fraction of sp³-hybridized carbons (Fsp3) is 0.276. The van der Waals surface area contributed by atoms with Crippen molar-refractivity contribution in [2.24, 2.45) is 5.92 Å². The van der Waals surface area contributed by atoms with Gasteiger partial charge >= 0.3 is 0 Å². The fourth-order valence-corrected chi connectivity index (χ4v) is 4.43. The van der Waals surface area contributed by atoms with Crippen LogP contribution in [0.4, 0.5) is 0 Å². The summed E-state index contributed by atoms with van der Waals surface area (Å²) in [5.41, 5.74) is 2.48. The minimum absolute atomic E-state index is 0.0875. The number of benzene rings is 3. The zero-order chi connectivity index (χ0) is 25.1. The molecule has 0 saturated carbocycles. The van der Waals surface area contributed by atoms with E-state index in [2.05, 4.69) is 13.8 Å². The second-order valence-electron chi connectivity index (χ2n) is 9.23. The molecule has 0 spiro atoms. The van der Waals surface area contributed by atoms with Crippen LogP contribution in [0.15, 0.2) is 77.6 Å². The standard InChI is InChI=1S/C29H30ClN3O2/c1-19(2)17-18-32(28(34)22-11-6-5-7-12-22)21(4)27-31-25-15-9-8-13-23(25)29(35)33(27)26-16-10-14-24(30)20(26)3/h5-16,19,21H,17-18H2,1-4H3. The van der Waals surface area contributed by atoms with Crippen LogP contribution in [0.5, 0.6) is 0 Å². The monoisotopic (exact) mass is 487 g/mol. The van der Waals surface area contributed by atoms with Crippen molar-refractivity contribution in [3.05, 3.63) is 105 Å². The highest BCUT2D eigenvalue weighted by Crippen LogP contribution is 2.28. The van der Waals surface area contributed by atoms with Gasteiger partial charge in [0.1, 0.15) is 5.82 Å². The third-order valence-corrected chi connectivity index (χ3v) is 6.76. The number of rotatable bonds is 7. The van der Waals surface area contributed by atoms with Gasteiger partial charge in [0, 0.05) is 17.1 Å². The summed E-state index contributed by atoms with van der Waals surface area (Å²) in [7, 11) is 0. The Morgan fingerprint density at radius 2 is 1.66 bits per heavy atom. The second kappa shape index (κ2) is 10.4. The molecule has 0 fully saturated rings. The number of carbonyl (C=O) groups is 1. The van der Waals surface area contributed by atoms with Gasteiger partial charge in [0.25, 0.3) is 11.5 Å². The summed E-state index contributed by atoms with van der Waals surface area (Å²) in [6, 6.07) is 21.6. The maximum absolute atomic E-state index is 13.8. The van der Waals surface area contributed by atoms with Crippen molar-refractivity contribution in [3.63, 3.8) is 0 Å². The molecule has 0 saturated heterocycles. The first-order chi connectivity index (χ1) is 16.8. The van der Waals surface area contributed by atoms with Gasteiger partial charge in [-0.05, 0) is 68.1 Å². The summed E-state index contributed by atoms with van der Waals surface area (Å²) in [4.78, 5) is 34.3. The Labute approximate surface area is 211 Å². The average molecular weight is 488 g/mol. The molecule has 1 unspecified atom stereocenters. The van der Waals surface area contributed by atoms with Gasteiger partial charge in [0.15, 0.2) is 0 Å². The van der Waals surface area contributed by atoms with E-state index in [1.54, 1.807) is 16.7 Å². The van der Waals surface area contributed by atoms with Crippen LogP contribution in [-0.4, -0.2) is 26.9 Å². The Balaban J connectivity index is 1.94. The minimum Gasteiger partial charge on any atom is -0.329 e. The Bertz CT molecular complexity index is 1410. The van der Waals surface area contributed by atoms with Gasteiger partial charge in [-0.25, -0.2) is 4.98 Å². The smallest absolute Gasteiger partial charge is 0.266 e. The maximum Gasteiger partial charge on any atom is 0.266 e. The summed E-state index contributed by atoms with van der Waals surface area (Å²) in [6.45, 7) is 8.64. The molecule has 4 aromatic rings. The molecule has 1 atom stereocenters.